The molecule has 0 aromatic heterocycles. The molecule has 1 aromatic rings. The molecule has 5 heteroatoms. The Morgan fingerprint density at radius 2 is 2.16 bits per heavy atom. The molecule has 0 saturated heterocycles. The van der Waals surface area contributed by atoms with E-state index >= 15 is 0 Å². The first kappa shape index (κ1) is 14.9. The number of ether oxygens (including phenoxy) is 1. The number of methoxy groups -OCH3 is 1. The Bertz CT molecular complexity index is 435. The predicted molar refractivity (Wildman–Crippen MR) is 77.1 cm³/mol. The first-order chi connectivity index (χ1) is 9.13. The minimum atomic E-state index is -0.244. The Hall–Kier alpha value is -0.490. The fraction of sp³-hybridized carbons (Fsp3) is 0.571. The Labute approximate surface area is 121 Å². The van der Waals surface area contributed by atoms with Crippen molar-refractivity contribution < 1.29 is 9.13 Å². The lowest BCUT2D eigenvalue weighted by molar-refractivity contribution is -0.0356. The molecule has 1 aliphatic rings. The van der Waals surface area contributed by atoms with Crippen molar-refractivity contribution >= 4 is 15.9 Å². The third-order valence-corrected chi connectivity index (χ3v) is 5.04. The molecule has 19 heavy (non-hydrogen) atoms. The smallest absolute Gasteiger partial charge is 0.137 e. The lowest BCUT2D eigenvalue weighted by Gasteiger charge is -2.36. The summed E-state index contributed by atoms with van der Waals surface area (Å²) in [5.41, 5.74) is 3.54. The summed E-state index contributed by atoms with van der Waals surface area (Å²) in [5, 5.41) is 0. The molecule has 1 unspecified atom stereocenters. The molecule has 106 valence electrons. The molecule has 0 heterocycles. The summed E-state index contributed by atoms with van der Waals surface area (Å²) >= 11 is 3.30. The summed E-state index contributed by atoms with van der Waals surface area (Å²) in [7, 11) is 1.73. The van der Waals surface area contributed by atoms with Crippen LogP contribution in [0, 0.1) is 5.82 Å². The molecule has 1 aliphatic carbocycles. The number of hydrazine groups is 1. The van der Waals surface area contributed by atoms with Crippen LogP contribution in [-0.4, -0.2) is 18.8 Å². The molecule has 3 N–H and O–H groups in total. The van der Waals surface area contributed by atoms with E-state index in [0.717, 1.165) is 31.2 Å². The standard InChI is InChI=1S/C14H20BrFN2O/c1-19-14(7-2-3-8-14)12(18-17)9-10-5-4-6-11(16)13(10)15/h4-6,12,18H,2-3,7-9,17H2,1H3. The summed E-state index contributed by atoms with van der Waals surface area (Å²) in [6, 6.07) is 5.06. The summed E-state index contributed by atoms with van der Waals surface area (Å²) in [4.78, 5) is 0. The van der Waals surface area contributed by atoms with E-state index in [1.807, 2.05) is 6.07 Å². The minimum Gasteiger partial charge on any atom is -0.377 e. The fourth-order valence-electron chi connectivity index (χ4n) is 2.99. The second-order valence-electron chi connectivity index (χ2n) is 5.11. The van der Waals surface area contributed by atoms with Crippen molar-refractivity contribution in [1.29, 1.82) is 0 Å². The molecule has 1 saturated carbocycles. The van der Waals surface area contributed by atoms with E-state index in [4.69, 9.17) is 10.6 Å². The van der Waals surface area contributed by atoms with Crippen molar-refractivity contribution in [3.8, 4) is 0 Å². The lowest BCUT2D eigenvalue weighted by atomic mass is 9.87. The maximum absolute atomic E-state index is 13.6. The number of nitrogens with one attached hydrogen (secondary N) is 1. The van der Waals surface area contributed by atoms with Gasteiger partial charge in [0.05, 0.1) is 16.1 Å². The number of nitrogens with two attached hydrogens (primary N) is 1. The van der Waals surface area contributed by atoms with Crippen LogP contribution in [0.1, 0.15) is 31.2 Å². The second-order valence-corrected chi connectivity index (χ2v) is 5.91. The first-order valence-electron chi connectivity index (χ1n) is 6.57. The van der Waals surface area contributed by atoms with Crippen molar-refractivity contribution in [3.05, 3.63) is 34.1 Å². The van der Waals surface area contributed by atoms with Crippen LogP contribution in [0.5, 0.6) is 0 Å². The van der Waals surface area contributed by atoms with Gasteiger partial charge < -0.3 is 4.74 Å². The quantitative estimate of drug-likeness (QED) is 0.644. The van der Waals surface area contributed by atoms with Gasteiger partial charge in [-0.1, -0.05) is 25.0 Å². The molecule has 3 nitrogen and oxygen atoms in total. The van der Waals surface area contributed by atoms with Crippen molar-refractivity contribution in [2.24, 2.45) is 5.84 Å². The minimum absolute atomic E-state index is 0.0156. The Morgan fingerprint density at radius 3 is 2.74 bits per heavy atom. The maximum Gasteiger partial charge on any atom is 0.137 e. The van der Waals surface area contributed by atoms with Gasteiger partial charge in [-0.2, -0.15) is 0 Å². The van der Waals surface area contributed by atoms with Gasteiger partial charge in [0.2, 0.25) is 0 Å². The maximum atomic E-state index is 13.6. The average molecular weight is 331 g/mol. The predicted octanol–water partition coefficient (Wildman–Crippen LogP) is 2.92. The zero-order chi connectivity index (χ0) is 13.9. The van der Waals surface area contributed by atoms with Gasteiger partial charge in [0.25, 0.3) is 0 Å². The van der Waals surface area contributed by atoms with Gasteiger partial charge in [-0.3, -0.25) is 11.3 Å². The van der Waals surface area contributed by atoms with Crippen LogP contribution in [0.3, 0.4) is 0 Å². The van der Waals surface area contributed by atoms with Crippen molar-refractivity contribution in [2.75, 3.05) is 7.11 Å². The molecular weight excluding hydrogens is 311 g/mol. The summed E-state index contributed by atoms with van der Waals surface area (Å²) in [6.07, 6.45) is 4.92. The third kappa shape index (κ3) is 2.99. The van der Waals surface area contributed by atoms with Gasteiger partial charge in [0.15, 0.2) is 0 Å². The summed E-state index contributed by atoms with van der Waals surface area (Å²) < 4.78 is 19.8. The van der Waals surface area contributed by atoms with Gasteiger partial charge in [-0.25, -0.2) is 4.39 Å². The number of hydrogen-bond donors (Lipinski definition) is 2. The fourth-order valence-corrected chi connectivity index (χ4v) is 3.42. The summed E-state index contributed by atoms with van der Waals surface area (Å²) in [5.74, 6) is 5.47. The normalized spacial score (nSPS) is 19.6. The van der Waals surface area contributed by atoms with Crippen LogP contribution in [0.2, 0.25) is 0 Å². The second kappa shape index (κ2) is 6.31. The molecular formula is C14H20BrFN2O. The Balaban J connectivity index is 2.21. The molecule has 2 rings (SSSR count). The van der Waals surface area contributed by atoms with Gasteiger partial charge >= 0.3 is 0 Å². The topological polar surface area (TPSA) is 47.3 Å². The molecule has 0 aliphatic heterocycles. The molecule has 0 spiro atoms. The van der Waals surface area contributed by atoms with Gasteiger partial charge in [-0.05, 0) is 46.8 Å². The highest BCUT2D eigenvalue weighted by atomic mass is 79.9. The van der Waals surface area contributed by atoms with Gasteiger partial charge in [-0.15, -0.1) is 0 Å². The van der Waals surface area contributed by atoms with Gasteiger partial charge in [0.1, 0.15) is 5.82 Å². The zero-order valence-corrected chi connectivity index (χ0v) is 12.7. The van der Waals surface area contributed by atoms with Crippen LogP contribution in [0.15, 0.2) is 22.7 Å². The van der Waals surface area contributed by atoms with E-state index in [2.05, 4.69) is 21.4 Å². The SMILES string of the molecule is COC1(C(Cc2cccc(F)c2Br)NN)CCCC1. The molecule has 0 amide bonds. The van der Waals surface area contributed by atoms with Crippen LogP contribution in [0.25, 0.3) is 0 Å². The molecule has 0 bridgehead atoms. The monoisotopic (exact) mass is 330 g/mol. The van der Waals surface area contributed by atoms with E-state index in [1.54, 1.807) is 13.2 Å². The lowest BCUT2D eigenvalue weighted by Crippen LogP contribution is -2.54. The van der Waals surface area contributed by atoms with E-state index < -0.39 is 0 Å². The number of benzene rings is 1. The van der Waals surface area contributed by atoms with E-state index in [0.29, 0.717) is 10.9 Å². The third-order valence-electron chi connectivity index (χ3n) is 4.15. The zero-order valence-electron chi connectivity index (χ0n) is 11.1. The van der Waals surface area contributed by atoms with Crippen LogP contribution in [-0.2, 0) is 11.2 Å². The largest absolute Gasteiger partial charge is 0.377 e. The van der Waals surface area contributed by atoms with E-state index in [-0.39, 0.29) is 17.5 Å². The molecule has 1 atom stereocenters. The van der Waals surface area contributed by atoms with Crippen LogP contribution >= 0.6 is 15.9 Å². The van der Waals surface area contributed by atoms with Crippen LogP contribution in [0.4, 0.5) is 4.39 Å². The molecule has 1 aromatic carbocycles. The Kier molecular flexibility index (Phi) is 4.95. The Morgan fingerprint density at radius 1 is 1.47 bits per heavy atom. The highest BCUT2D eigenvalue weighted by Crippen LogP contribution is 2.37. The van der Waals surface area contributed by atoms with Gasteiger partial charge in [0, 0.05) is 7.11 Å². The highest BCUT2D eigenvalue weighted by Gasteiger charge is 2.41. The van der Waals surface area contributed by atoms with Crippen molar-refractivity contribution in [3.63, 3.8) is 0 Å². The van der Waals surface area contributed by atoms with Crippen LogP contribution < -0.4 is 11.3 Å². The van der Waals surface area contributed by atoms with Crippen molar-refractivity contribution in [1.82, 2.24) is 5.43 Å². The number of rotatable bonds is 5. The molecule has 1 fully saturated rings. The highest BCUT2D eigenvalue weighted by molar-refractivity contribution is 9.10. The van der Waals surface area contributed by atoms with E-state index in [9.17, 15) is 4.39 Å². The van der Waals surface area contributed by atoms with E-state index in [1.165, 1.54) is 6.07 Å². The average Bonchev–Trinajstić information content (AvgIpc) is 2.90. The summed E-state index contributed by atoms with van der Waals surface area (Å²) in [6.45, 7) is 0. The van der Waals surface area contributed by atoms with Crippen molar-refractivity contribution in [2.45, 2.75) is 43.7 Å². The number of halogens is 2. The first-order valence-corrected chi connectivity index (χ1v) is 7.36. The molecule has 0 radical (unpaired) electrons. The number of hydrogen-bond acceptors (Lipinski definition) is 3.